The van der Waals surface area contributed by atoms with Gasteiger partial charge in [-0.15, -0.1) is 0 Å². The second-order valence-electron chi connectivity index (χ2n) is 10.1. The van der Waals surface area contributed by atoms with E-state index in [0.717, 1.165) is 5.56 Å². The second kappa shape index (κ2) is 36.2. The standard InChI is InChI=1S/C34H56O16/c35-32(34(37)38)6-7-33(36)50-29-28-48-25-24-46-21-20-44-17-16-42-13-12-40-9-8-39-10-11-41-14-15-43-18-19-45-22-23-47-26-27-49-30-31-4-2-1-3-5-31/h1-5H,6-30H2,(H,37,38). The summed E-state index contributed by atoms with van der Waals surface area (Å²) in [6.07, 6.45) is -0.661. The Kier molecular flexibility index (Phi) is 32.9. The van der Waals surface area contributed by atoms with Crippen molar-refractivity contribution in [2.75, 3.05) is 145 Å². The van der Waals surface area contributed by atoms with E-state index in [9.17, 15) is 14.4 Å². The molecule has 288 valence electrons. The van der Waals surface area contributed by atoms with Crippen LogP contribution in [0.1, 0.15) is 18.4 Å². The number of rotatable bonds is 39. The van der Waals surface area contributed by atoms with Crippen LogP contribution in [0.5, 0.6) is 0 Å². The minimum absolute atomic E-state index is 0.0130. The van der Waals surface area contributed by atoms with Crippen LogP contribution in [0.25, 0.3) is 0 Å². The highest BCUT2D eigenvalue weighted by atomic mass is 16.6. The SMILES string of the molecule is O=C(CCC(=O)C(=O)O)OCCOCCOCCOCCOCCOCCOCCOCCOCCOCCOCCOCc1ccccc1. The van der Waals surface area contributed by atoms with Gasteiger partial charge in [0.1, 0.15) is 6.61 Å². The van der Waals surface area contributed by atoms with Crippen LogP contribution in [0.4, 0.5) is 0 Å². The highest BCUT2D eigenvalue weighted by Crippen LogP contribution is 2.00. The van der Waals surface area contributed by atoms with E-state index in [0.29, 0.717) is 139 Å². The van der Waals surface area contributed by atoms with E-state index in [1.807, 2.05) is 30.3 Å². The van der Waals surface area contributed by atoms with Crippen molar-refractivity contribution in [2.24, 2.45) is 0 Å². The molecule has 1 aromatic carbocycles. The highest BCUT2D eigenvalue weighted by molar-refractivity contribution is 6.32. The maximum Gasteiger partial charge on any atom is 0.372 e. The lowest BCUT2D eigenvalue weighted by Crippen LogP contribution is -2.17. The molecule has 0 aliphatic rings. The molecule has 0 fully saturated rings. The normalized spacial score (nSPS) is 11.2. The molecule has 0 spiro atoms. The average Bonchev–Trinajstić information content (AvgIpc) is 3.12. The Labute approximate surface area is 294 Å². The zero-order valence-electron chi connectivity index (χ0n) is 29.1. The first-order chi connectivity index (χ1) is 24.6. The van der Waals surface area contributed by atoms with Gasteiger partial charge >= 0.3 is 11.9 Å². The van der Waals surface area contributed by atoms with E-state index in [2.05, 4.69) is 0 Å². The van der Waals surface area contributed by atoms with Crippen LogP contribution in [-0.4, -0.2) is 168 Å². The summed E-state index contributed by atoms with van der Waals surface area (Å²) in [6, 6.07) is 10.0. The van der Waals surface area contributed by atoms with Crippen LogP contribution < -0.4 is 0 Å². The predicted molar refractivity (Wildman–Crippen MR) is 177 cm³/mol. The minimum Gasteiger partial charge on any atom is -0.476 e. The minimum atomic E-state index is -1.56. The number of carbonyl (C=O) groups excluding carboxylic acids is 2. The van der Waals surface area contributed by atoms with Crippen molar-refractivity contribution in [1.82, 2.24) is 0 Å². The van der Waals surface area contributed by atoms with Gasteiger partial charge in [-0.3, -0.25) is 9.59 Å². The number of ether oxygens (including phenoxy) is 12. The van der Waals surface area contributed by atoms with E-state index in [-0.39, 0.29) is 26.1 Å². The van der Waals surface area contributed by atoms with Crippen LogP contribution in [0.3, 0.4) is 0 Å². The second-order valence-corrected chi connectivity index (χ2v) is 10.1. The molecule has 0 heterocycles. The Balaban J connectivity index is 1.64. The van der Waals surface area contributed by atoms with E-state index >= 15 is 0 Å². The molecule has 50 heavy (non-hydrogen) atoms. The monoisotopic (exact) mass is 720 g/mol. The fraction of sp³-hybridized carbons (Fsp3) is 0.735. The lowest BCUT2D eigenvalue weighted by atomic mass is 10.2. The number of Topliss-reactive ketones (excluding diaryl/α,β-unsaturated/α-hetero) is 1. The molecule has 1 aromatic rings. The smallest absolute Gasteiger partial charge is 0.372 e. The predicted octanol–water partition coefficient (Wildman–Crippen LogP) is 1.35. The lowest BCUT2D eigenvalue weighted by molar-refractivity contribution is -0.151. The number of carboxylic acid groups (broad SMARTS) is 1. The molecule has 0 bridgehead atoms. The molecule has 0 amide bonds. The van der Waals surface area contributed by atoms with E-state index in [1.54, 1.807) is 0 Å². The lowest BCUT2D eigenvalue weighted by Gasteiger charge is -2.09. The fourth-order valence-corrected chi connectivity index (χ4v) is 3.57. The zero-order valence-corrected chi connectivity index (χ0v) is 29.1. The van der Waals surface area contributed by atoms with Crippen molar-refractivity contribution in [3.05, 3.63) is 35.9 Å². The van der Waals surface area contributed by atoms with Gasteiger partial charge in [0.2, 0.25) is 5.78 Å². The molecule has 16 nitrogen and oxygen atoms in total. The quantitative estimate of drug-likeness (QED) is 0.0584. The van der Waals surface area contributed by atoms with Crippen LogP contribution in [0.15, 0.2) is 30.3 Å². The highest BCUT2D eigenvalue weighted by Gasteiger charge is 2.14. The van der Waals surface area contributed by atoms with Crippen LogP contribution in [0.2, 0.25) is 0 Å². The largest absolute Gasteiger partial charge is 0.476 e. The van der Waals surface area contributed by atoms with Gasteiger partial charge in [0.25, 0.3) is 0 Å². The Bertz CT molecular complexity index is 920. The third-order valence-corrected chi connectivity index (χ3v) is 6.12. The van der Waals surface area contributed by atoms with Gasteiger partial charge < -0.3 is 61.9 Å². The molecule has 16 heteroatoms. The Morgan fingerprint density at radius 2 is 0.700 bits per heavy atom. The third kappa shape index (κ3) is 32.6. The first-order valence-corrected chi connectivity index (χ1v) is 16.9. The number of hydrogen-bond acceptors (Lipinski definition) is 15. The third-order valence-electron chi connectivity index (χ3n) is 6.12. The van der Waals surface area contributed by atoms with Crippen LogP contribution >= 0.6 is 0 Å². The molecule has 0 aliphatic carbocycles. The van der Waals surface area contributed by atoms with Gasteiger partial charge in [0.05, 0.1) is 152 Å². The summed E-state index contributed by atoms with van der Waals surface area (Å²) < 4.78 is 64.7. The van der Waals surface area contributed by atoms with Crippen LogP contribution in [-0.2, 0) is 77.8 Å². The maximum atomic E-state index is 11.4. The fourth-order valence-electron chi connectivity index (χ4n) is 3.57. The number of aliphatic carboxylic acids is 1. The topological polar surface area (TPSA) is 182 Å². The Hall–Kier alpha value is -2.61. The molecule has 1 N–H and O–H groups in total. The molecular weight excluding hydrogens is 664 g/mol. The van der Waals surface area contributed by atoms with Gasteiger partial charge in [0.15, 0.2) is 0 Å². The summed E-state index contributed by atoms with van der Waals surface area (Å²) in [5.74, 6) is -3.24. The number of carbonyl (C=O) groups is 3. The van der Waals surface area contributed by atoms with Gasteiger partial charge in [-0.1, -0.05) is 30.3 Å². The van der Waals surface area contributed by atoms with Crippen molar-refractivity contribution in [1.29, 1.82) is 0 Å². The Morgan fingerprint density at radius 3 is 1.02 bits per heavy atom. The molecule has 0 aromatic heterocycles. The average molecular weight is 721 g/mol. The van der Waals surface area contributed by atoms with Gasteiger partial charge in [0, 0.05) is 6.42 Å². The van der Waals surface area contributed by atoms with Crippen molar-refractivity contribution < 1.29 is 76.3 Å². The number of carboxylic acids is 1. The zero-order chi connectivity index (χ0) is 36.0. The number of ketones is 1. The van der Waals surface area contributed by atoms with E-state index in [4.69, 9.17) is 61.9 Å². The number of benzene rings is 1. The first-order valence-electron chi connectivity index (χ1n) is 16.9. The van der Waals surface area contributed by atoms with E-state index < -0.39 is 17.7 Å². The van der Waals surface area contributed by atoms with Crippen molar-refractivity contribution in [2.45, 2.75) is 19.4 Å². The van der Waals surface area contributed by atoms with Crippen molar-refractivity contribution in [3.8, 4) is 0 Å². The maximum absolute atomic E-state index is 11.4. The number of esters is 1. The molecular formula is C34H56O16. The molecule has 1 rings (SSSR count). The Morgan fingerprint density at radius 1 is 0.400 bits per heavy atom. The molecule has 0 radical (unpaired) electrons. The molecule has 0 aliphatic heterocycles. The summed E-state index contributed by atoms with van der Waals surface area (Å²) in [4.78, 5) is 32.6. The first kappa shape index (κ1) is 45.4. The molecule has 0 saturated heterocycles. The summed E-state index contributed by atoms with van der Waals surface area (Å²) in [5.41, 5.74) is 1.15. The van der Waals surface area contributed by atoms with Gasteiger partial charge in [-0.05, 0) is 5.56 Å². The summed E-state index contributed by atoms with van der Waals surface area (Å²) in [7, 11) is 0. The summed E-state index contributed by atoms with van der Waals surface area (Å²) in [6.45, 7) is 10.1. The molecule has 0 unspecified atom stereocenters. The van der Waals surface area contributed by atoms with Gasteiger partial charge in [-0.25, -0.2) is 4.79 Å². The van der Waals surface area contributed by atoms with Crippen LogP contribution in [0, 0.1) is 0 Å². The van der Waals surface area contributed by atoms with Crippen molar-refractivity contribution in [3.63, 3.8) is 0 Å². The summed E-state index contributed by atoms with van der Waals surface area (Å²) in [5, 5.41) is 8.45. The summed E-state index contributed by atoms with van der Waals surface area (Å²) >= 11 is 0. The molecule has 0 atom stereocenters. The number of hydrogen-bond donors (Lipinski definition) is 1. The van der Waals surface area contributed by atoms with E-state index in [1.165, 1.54) is 0 Å². The van der Waals surface area contributed by atoms with Crippen molar-refractivity contribution >= 4 is 17.7 Å². The van der Waals surface area contributed by atoms with Gasteiger partial charge in [-0.2, -0.15) is 0 Å². The molecule has 0 saturated carbocycles.